The monoisotopic (exact) mass is 326 g/mol. The summed E-state index contributed by atoms with van der Waals surface area (Å²) in [5.41, 5.74) is 1.26. The third-order valence-corrected chi connectivity index (χ3v) is 4.76. The van der Waals surface area contributed by atoms with Crippen LogP contribution in [0.15, 0.2) is 28.7 Å². The molecule has 2 atom stereocenters. The molecule has 0 aromatic heterocycles. The van der Waals surface area contributed by atoms with Crippen molar-refractivity contribution in [2.24, 2.45) is 0 Å². The molecule has 0 spiro atoms. The van der Waals surface area contributed by atoms with Gasteiger partial charge in [-0.05, 0) is 54.9 Å². The highest BCUT2D eigenvalue weighted by molar-refractivity contribution is 9.10. The lowest BCUT2D eigenvalue weighted by atomic mass is 10.1. The van der Waals surface area contributed by atoms with Crippen LogP contribution in [0.5, 0.6) is 0 Å². The zero-order valence-electron chi connectivity index (χ0n) is 11.7. The van der Waals surface area contributed by atoms with Gasteiger partial charge in [0.25, 0.3) is 0 Å². The first-order valence-corrected chi connectivity index (χ1v) is 7.75. The van der Waals surface area contributed by atoms with Crippen LogP contribution in [0.2, 0.25) is 0 Å². The van der Waals surface area contributed by atoms with Gasteiger partial charge in [-0.25, -0.2) is 0 Å². The van der Waals surface area contributed by atoms with Gasteiger partial charge in [0, 0.05) is 36.3 Å². The lowest BCUT2D eigenvalue weighted by Crippen LogP contribution is -2.41. The highest BCUT2D eigenvalue weighted by Crippen LogP contribution is 2.30. The van der Waals surface area contributed by atoms with E-state index in [1.165, 1.54) is 5.69 Å². The fourth-order valence-electron chi connectivity index (χ4n) is 2.76. The number of aliphatic hydroxyl groups excluding tert-OH is 1. The molecule has 0 saturated carbocycles. The molecule has 3 nitrogen and oxygen atoms in total. The quantitative estimate of drug-likeness (QED) is 0.925. The molecule has 0 amide bonds. The minimum absolute atomic E-state index is 0.257. The maximum absolute atomic E-state index is 9.25. The van der Waals surface area contributed by atoms with Crippen LogP contribution in [0.4, 0.5) is 5.69 Å². The Balaban J connectivity index is 2.24. The molecule has 1 N–H and O–H groups in total. The summed E-state index contributed by atoms with van der Waals surface area (Å²) in [5, 5.41) is 9.25. The Kier molecular flexibility index (Phi) is 5.25. The molecule has 1 saturated heterocycles. The summed E-state index contributed by atoms with van der Waals surface area (Å²) in [6.07, 6.45) is 1.99. The van der Waals surface area contributed by atoms with Crippen molar-refractivity contribution in [1.82, 2.24) is 4.90 Å². The minimum Gasteiger partial charge on any atom is -0.396 e. The Morgan fingerprint density at radius 2 is 2.11 bits per heavy atom. The van der Waals surface area contributed by atoms with Crippen LogP contribution in [0, 0.1) is 0 Å². The zero-order chi connectivity index (χ0) is 13.8. The Hall–Kier alpha value is -0.580. The molecule has 2 unspecified atom stereocenters. The second-order valence-corrected chi connectivity index (χ2v) is 6.24. The maximum atomic E-state index is 9.25. The predicted octanol–water partition coefficient (Wildman–Crippen LogP) is 2.73. The molecule has 0 bridgehead atoms. The van der Waals surface area contributed by atoms with Gasteiger partial charge < -0.3 is 14.9 Å². The van der Waals surface area contributed by atoms with Crippen LogP contribution in [0.25, 0.3) is 0 Å². The number of hydrogen-bond donors (Lipinski definition) is 1. The van der Waals surface area contributed by atoms with Crippen molar-refractivity contribution in [1.29, 1.82) is 0 Å². The standard InChI is InChI=1S/C15H23BrN2O/c1-12-7-9-17(2)13(8-10-19)11-18(12)15-6-4-3-5-14(15)16/h3-6,12-13,19H,7-11H2,1-2H3. The van der Waals surface area contributed by atoms with E-state index in [0.717, 1.165) is 30.4 Å². The van der Waals surface area contributed by atoms with Crippen molar-refractivity contribution in [3.63, 3.8) is 0 Å². The van der Waals surface area contributed by atoms with Gasteiger partial charge in [-0.1, -0.05) is 12.1 Å². The van der Waals surface area contributed by atoms with Crippen molar-refractivity contribution in [2.45, 2.75) is 31.8 Å². The molecule has 1 aromatic rings. The van der Waals surface area contributed by atoms with E-state index in [-0.39, 0.29) is 6.61 Å². The highest BCUT2D eigenvalue weighted by atomic mass is 79.9. The van der Waals surface area contributed by atoms with E-state index >= 15 is 0 Å². The lowest BCUT2D eigenvalue weighted by molar-refractivity contribution is 0.196. The minimum atomic E-state index is 0.257. The average Bonchev–Trinajstić information content (AvgIpc) is 2.53. The SMILES string of the molecule is CC1CCN(C)C(CCO)CN1c1ccccc1Br. The number of benzene rings is 1. The van der Waals surface area contributed by atoms with Crippen LogP contribution in [-0.4, -0.2) is 48.8 Å². The molecule has 1 aromatic carbocycles. The van der Waals surface area contributed by atoms with Crippen LogP contribution >= 0.6 is 15.9 Å². The number of likely N-dealkylation sites (N-methyl/N-ethyl adjacent to an activating group) is 1. The number of halogens is 1. The largest absolute Gasteiger partial charge is 0.396 e. The summed E-state index contributed by atoms with van der Waals surface area (Å²) in [7, 11) is 2.16. The summed E-state index contributed by atoms with van der Waals surface area (Å²) < 4.78 is 1.15. The predicted molar refractivity (Wildman–Crippen MR) is 83.7 cm³/mol. The van der Waals surface area contributed by atoms with Crippen molar-refractivity contribution in [3.05, 3.63) is 28.7 Å². The molecular weight excluding hydrogens is 304 g/mol. The topological polar surface area (TPSA) is 26.7 Å². The van der Waals surface area contributed by atoms with Gasteiger partial charge in [-0.2, -0.15) is 0 Å². The zero-order valence-corrected chi connectivity index (χ0v) is 13.3. The van der Waals surface area contributed by atoms with Gasteiger partial charge in [-0.3, -0.25) is 0 Å². The molecule has 2 rings (SSSR count). The first kappa shape index (κ1) is 14.8. The Labute approximate surface area is 124 Å². The molecule has 19 heavy (non-hydrogen) atoms. The van der Waals surface area contributed by atoms with E-state index in [9.17, 15) is 5.11 Å². The van der Waals surface area contributed by atoms with E-state index < -0.39 is 0 Å². The van der Waals surface area contributed by atoms with Gasteiger partial charge in [0.05, 0.1) is 5.69 Å². The number of rotatable bonds is 3. The van der Waals surface area contributed by atoms with Gasteiger partial charge in [0.1, 0.15) is 0 Å². The molecule has 4 heteroatoms. The second-order valence-electron chi connectivity index (χ2n) is 5.39. The fraction of sp³-hybridized carbons (Fsp3) is 0.600. The van der Waals surface area contributed by atoms with Crippen molar-refractivity contribution in [3.8, 4) is 0 Å². The van der Waals surface area contributed by atoms with Gasteiger partial charge in [0.2, 0.25) is 0 Å². The number of nitrogens with zero attached hydrogens (tertiary/aromatic N) is 2. The molecule has 1 fully saturated rings. The summed E-state index contributed by atoms with van der Waals surface area (Å²) in [5.74, 6) is 0. The average molecular weight is 327 g/mol. The van der Waals surface area contributed by atoms with E-state index in [1.807, 2.05) is 6.07 Å². The first-order chi connectivity index (χ1) is 9.13. The number of hydrogen-bond acceptors (Lipinski definition) is 3. The Bertz CT molecular complexity index is 413. The molecule has 0 aliphatic carbocycles. The van der Waals surface area contributed by atoms with E-state index in [1.54, 1.807) is 0 Å². The van der Waals surface area contributed by atoms with Gasteiger partial charge in [0.15, 0.2) is 0 Å². The number of aliphatic hydroxyl groups is 1. The smallest absolute Gasteiger partial charge is 0.0513 e. The third kappa shape index (κ3) is 3.50. The van der Waals surface area contributed by atoms with Gasteiger partial charge in [-0.15, -0.1) is 0 Å². The second kappa shape index (κ2) is 6.73. The molecule has 1 heterocycles. The third-order valence-electron chi connectivity index (χ3n) is 4.09. The first-order valence-electron chi connectivity index (χ1n) is 6.95. The van der Waals surface area contributed by atoms with Crippen molar-refractivity contribution < 1.29 is 5.11 Å². The van der Waals surface area contributed by atoms with E-state index in [0.29, 0.717) is 12.1 Å². The van der Waals surface area contributed by atoms with Crippen molar-refractivity contribution in [2.75, 3.05) is 31.6 Å². The summed E-state index contributed by atoms with van der Waals surface area (Å²) >= 11 is 3.65. The fourth-order valence-corrected chi connectivity index (χ4v) is 3.27. The summed E-state index contributed by atoms with van der Waals surface area (Å²) in [4.78, 5) is 4.84. The van der Waals surface area contributed by atoms with Crippen LogP contribution in [0.1, 0.15) is 19.8 Å². The maximum Gasteiger partial charge on any atom is 0.0513 e. The molecule has 106 valence electrons. The normalized spacial score (nSPS) is 25.4. The summed E-state index contributed by atoms with van der Waals surface area (Å²) in [6, 6.07) is 9.34. The molecule has 1 aliphatic heterocycles. The molecular formula is C15H23BrN2O. The van der Waals surface area contributed by atoms with Crippen LogP contribution in [0.3, 0.4) is 0 Å². The van der Waals surface area contributed by atoms with Crippen molar-refractivity contribution >= 4 is 21.6 Å². The van der Waals surface area contributed by atoms with E-state index in [4.69, 9.17) is 0 Å². The van der Waals surface area contributed by atoms with E-state index in [2.05, 4.69) is 57.9 Å². The number of para-hydroxylation sites is 1. The van der Waals surface area contributed by atoms with Crippen LogP contribution < -0.4 is 4.90 Å². The summed E-state index contributed by atoms with van der Waals surface area (Å²) in [6.45, 7) is 4.61. The molecule has 0 radical (unpaired) electrons. The highest BCUT2D eigenvalue weighted by Gasteiger charge is 2.27. The molecule has 1 aliphatic rings. The lowest BCUT2D eigenvalue weighted by Gasteiger charge is -2.33. The van der Waals surface area contributed by atoms with Gasteiger partial charge >= 0.3 is 0 Å². The number of anilines is 1. The van der Waals surface area contributed by atoms with Crippen LogP contribution in [-0.2, 0) is 0 Å². The Morgan fingerprint density at radius 3 is 2.79 bits per heavy atom. The Morgan fingerprint density at radius 1 is 1.37 bits per heavy atom.